The maximum absolute atomic E-state index is 14.1. The Labute approximate surface area is 274 Å². The van der Waals surface area contributed by atoms with Crippen LogP contribution in [0.5, 0.6) is 5.75 Å². The van der Waals surface area contributed by atoms with E-state index in [9.17, 15) is 22.8 Å². The standard InChI is InChI=1S/C33H48F3N5O6/c1-9-10-11-12-13-14-19-44-24-16-15-22(20-23(24)33(34,35)36)26-37-27(47-40-26)25-21(2)17-18-41(25)28(38-29(42)45-31(3,4)5)39-30(43)46-32(6,7)8/h15-16,20-21,25H,9-14,17-19H2,1-8H3,(H,38,39,42,43)/t21-,25-/m0/s1. The van der Waals surface area contributed by atoms with Crippen molar-refractivity contribution in [3.8, 4) is 17.1 Å². The van der Waals surface area contributed by atoms with Crippen molar-refractivity contribution in [2.45, 2.75) is 124 Å². The van der Waals surface area contributed by atoms with Crippen LogP contribution in [0, 0.1) is 5.92 Å². The molecule has 2 aromatic rings. The van der Waals surface area contributed by atoms with E-state index in [1.165, 1.54) is 12.1 Å². The molecule has 0 bridgehead atoms. The summed E-state index contributed by atoms with van der Waals surface area (Å²) in [6, 6.07) is 3.00. The van der Waals surface area contributed by atoms with Crippen LogP contribution in [0.3, 0.4) is 0 Å². The van der Waals surface area contributed by atoms with Gasteiger partial charge in [0.1, 0.15) is 23.0 Å². The largest absolute Gasteiger partial charge is 0.493 e. The fourth-order valence-corrected chi connectivity index (χ4v) is 5.04. The minimum Gasteiger partial charge on any atom is -0.493 e. The highest BCUT2D eigenvalue weighted by molar-refractivity contribution is 5.99. The van der Waals surface area contributed by atoms with E-state index in [2.05, 4.69) is 27.4 Å². The van der Waals surface area contributed by atoms with E-state index in [-0.39, 0.29) is 41.5 Å². The summed E-state index contributed by atoms with van der Waals surface area (Å²) in [4.78, 5) is 35.5. The fraction of sp³-hybridized carbons (Fsp3) is 0.667. The van der Waals surface area contributed by atoms with E-state index in [0.29, 0.717) is 19.4 Å². The number of carbonyl (C=O) groups excluding carboxylic acids is 2. The minimum absolute atomic E-state index is 0.0576. The second kappa shape index (κ2) is 15.8. The van der Waals surface area contributed by atoms with Gasteiger partial charge in [-0.05, 0) is 78.5 Å². The molecule has 2 heterocycles. The third kappa shape index (κ3) is 11.7. The number of nitrogens with zero attached hydrogens (tertiary/aromatic N) is 4. The zero-order chi connectivity index (χ0) is 35.0. The Morgan fingerprint density at radius 3 is 2.32 bits per heavy atom. The smallest absolute Gasteiger partial charge is 0.437 e. The number of likely N-dealkylation sites (tertiary alicyclic amines) is 1. The van der Waals surface area contributed by atoms with E-state index in [0.717, 1.165) is 38.2 Å². The quantitative estimate of drug-likeness (QED) is 0.150. The van der Waals surface area contributed by atoms with E-state index < -0.39 is 41.2 Å². The highest BCUT2D eigenvalue weighted by Gasteiger charge is 2.40. The number of ether oxygens (including phenoxy) is 3. The molecule has 0 unspecified atom stereocenters. The molecule has 1 N–H and O–H groups in total. The third-order valence-electron chi connectivity index (χ3n) is 7.17. The number of alkyl halides is 3. The predicted octanol–water partition coefficient (Wildman–Crippen LogP) is 8.69. The van der Waals surface area contributed by atoms with E-state index in [1.54, 1.807) is 46.4 Å². The van der Waals surface area contributed by atoms with Gasteiger partial charge < -0.3 is 23.6 Å². The van der Waals surface area contributed by atoms with Crippen LogP contribution in [0.2, 0.25) is 0 Å². The zero-order valence-electron chi connectivity index (χ0n) is 28.6. The van der Waals surface area contributed by atoms with Crippen LogP contribution < -0.4 is 10.1 Å². The number of carbonyl (C=O) groups is 2. The third-order valence-corrected chi connectivity index (χ3v) is 7.17. The van der Waals surface area contributed by atoms with Gasteiger partial charge in [-0.15, -0.1) is 4.99 Å². The van der Waals surface area contributed by atoms with Crippen LogP contribution in [0.4, 0.5) is 22.8 Å². The van der Waals surface area contributed by atoms with Crippen molar-refractivity contribution >= 4 is 18.1 Å². The van der Waals surface area contributed by atoms with Crippen molar-refractivity contribution in [2.24, 2.45) is 10.9 Å². The van der Waals surface area contributed by atoms with Gasteiger partial charge >= 0.3 is 18.4 Å². The molecule has 0 radical (unpaired) electrons. The van der Waals surface area contributed by atoms with Crippen LogP contribution in [-0.2, 0) is 15.7 Å². The topological polar surface area (TPSA) is 128 Å². The molecule has 1 aromatic carbocycles. The molecule has 1 fully saturated rings. The summed E-state index contributed by atoms with van der Waals surface area (Å²) in [6.07, 6.45) is 0.0614. The van der Waals surface area contributed by atoms with Crippen molar-refractivity contribution in [1.29, 1.82) is 0 Å². The van der Waals surface area contributed by atoms with E-state index in [4.69, 9.17) is 18.7 Å². The first-order valence-electron chi connectivity index (χ1n) is 16.1. The number of hydrogen-bond donors (Lipinski definition) is 1. The van der Waals surface area contributed by atoms with Gasteiger partial charge in [0.05, 0.1) is 12.2 Å². The molecule has 1 aromatic heterocycles. The summed E-state index contributed by atoms with van der Waals surface area (Å²) in [5.41, 5.74) is -2.52. The molecule has 47 heavy (non-hydrogen) atoms. The number of aromatic nitrogens is 2. The molecular formula is C33H48F3N5O6. The summed E-state index contributed by atoms with van der Waals surface area (Å²) in [5, 5.41) is 6.52. The number of aliphatic imine (C=N–C) groups is 1. The number of halogens is 3. The lowest BCUT2D eigenvalue weighted by atomic mass is 10.0. The maximum atomic E-state index is 14.1. The second-order valence-electron chi connectivity index (χ2n) is 13.7. The first-order valence-corrected chi connectivity index (χ1v) is 16.1. The maximum Gasteiger partial charge on any atom is 0.437 e. The molecule has 1 aliphatic rings. The Bertz CT molecular complexity index is 1380. The number of guanidine groups is 1. The predicted molar refractivity (Wildman–Crippen MR) is 170 cm³/mol. The van der Waals surface area contributed by atoms with Crippen molar-refractivity contribution in [3.05, 3.63) is 29.7 Å². The molecule has 262 valence electrons. The molecule has 14 heteroatoms. The molecular weight excluding hydrogens is 619 g/mol. The monoisotopic (exact) mass is 667 g/mol. The van der Waals surface area contributed by atoms with Gasteiger partial charge in [-0.1, -0.05) is 51.1 Å². The average Bonchev–Trinajstić information content (AvgIpc) is 3.56. The first-order chi connectivity index (χ1) is 21.9. The van der Waals surface area contributed by atoms with Crippen LogP contribution in [0.25, 0.3) is 11.4 Å². The fourth-order valence-electron chi connectivity index (χ4n) is 5.04. The molecule has 0 spiro atoms. The number of hydrogen-bond acceptors (Lipinski definition) is 8. The average molecular weight is 668 g/mol. The lowest BCUT2D eigenvalue weighted by molar-refractivity contribution is -0.138. The SMILES string of the molecule is CCCCCCCCOc1ccc(-c2noc([C@@H]3[C@@H](C)CCN3C(=NC(=O)OC(C)(C)C)NC(=O)OC(C)(C)C)n2)cc1C(F)(F)F. The number of nitrogens with one attached hydrogen (secondary N) is 1. The Morgan fingerprint density at radius 1 is 1.02 bits per heavy atom. The van der Waals surface area contributed by atoms with E-state index >= 15 is 0 Å². The molecule has 2 atom stereocenters. The molecule has 0 aliphatic carbocycles. The van der Waals surface area contributed by atoms with Crippen molar-refractivity contribution in [1.82, 2.24) is 20.4 Å². The first kappa shape index (κ1) is 37.6. The molecule has 0 saturated carbocycles. The van der Waals surface area contributed by atoms with E-state index in [1.807, 2.05) is 6.92 Å². The van der Waals surface area contributed by atoms with Gasteiger partial charge in [0.15, 0.2) is 0 Å². The molecule has 1 aliphatic heterocycles. The summed E-state index contributed by atoms with van der Waals surface area (Å²) in [7, 11) is 0. The van der Waals surface area contributed by atoms with Crippen LogP contribution >= 0.6 is 0 Å². The lowest BCUT2D eigenvalue weighted by Crippen LogP contribution is -2.46. The Hall–Kier alpha value is -3.84. The highest BCUT2D eigenvalue weighted by atomic mass is 19.4. The van der Waals surface area contributed by atoms with Gasteiger partial charge in [0.2, 0.25) is 17.7 Å². The van der Waals surface area contributed by atoms with Crippen molar-refractivity contribution < 1.29 is 41.5 Å². The van der Waals surface area contributed by atoms with Crippen molar-refractivity contribution in [3.63, 3.8) is 0 Å². The Kier molecular flexibility index (Phi) is 12.7. The second-order valence-corrected chi connectivity index (χ2v) is 13.7. The molecule has 11 nitrogen and oxygen atoms in total. The Morgan fingerprint density at radius 2 is 1.68 bits per heavy atom. The number of alkyl carbamates (subject to hydrolysis) is 1. The number of amides is 2. The van der Waals surface area contributed by atoms with Gasteiger partial charge in [0, 0.05) is 12.1 Å². The van der Waals surface area contributed by atoms with Gasteiger partial charge in [0.25, 0.3) is 0 Å². The summed E-state index contributed by atoms with van der Waals surface area (Å²) in [5.74, 6) is -0.516. The van der Waals surface area contributed by atoms with Crippen LogP contribution in [0.1, 0.15) is 118 Å². The highest BCUT2D eigenvalue weighted by Crippen LogP contribution is 2.40. The summed E-state index contributed by atoms with van der Waals surface area (Å²) < 4.78 is 64.0. The summed E-state index contributed by atoms with van der Waals surface area (Å²) in [6.45, 7) is 14.7. The van der Waals surface area contributed by atoms with Crippen LogP contribution in [0.15, 0.2) is 27.7 Å². The minimum atomic E-state index is -4.67. The molecule has 2 amide bonds. The number of benzene rings is 1. The summed E-state index contributed by atoms with van der Waals surface area (Å²) >= 11 is 0. The normalized spacial score (nSPS) is 17.5. The van der Waals surface area contributed by atoms with Gasteiger partial charge in [-0.2, -0.15) is 18.2 Å². The number of rotatable bonds is 10. The molecule has 1 saturated heterocycles. The number of unbranched alkanes of at least 4 members (excludes halogenated alkanes) is 5. The van der Waals surface area contributed by atoms with Gasteiger partial charge in [-0.25, -0.2) is 9.59 Å². The zero-order valence-corrected chi connectivity index (χ0v) is 28.6. The molecule has 3 rings (SSSR count). The van der Waals surface area contributed by atoms with Crippen molar-refractivity contribution in [2.75, 3.05) is 13.2 Å². The lowest BCUT2D eigenvalue weighted by Gasteiger charge is -2.28. The van der Waals surface area contributed by atoms with Crippen LogP contribution in [-0.4, -0.2) is 57.5 Å². The van der Waals surface area contributed by atoms with Gasteiger partial charge in [-0.3, -0.25) is 5.32 Å². The Balaban J connectivity index is 1.87.